The molecule has 0 amide bonds. The highest BCUT2D eigenvalue weighted by atomic mass is 35.5. The first-order chi connectivity index (χ1) is 11.5. The van der Waals surface area contributed by atoms with Crippen molar-refractivity contribution in [3.05, 3.63) is 67.8 Å². The summed E-state index contributed by atoms with van der Waals surface area (Å²) in [5.74, 6) is 0. The number of nitrogens with zero attached hydrogens (tertiary/aromatic N) is 2. The minimum absolute atomic E-state index is 0.329. The van der Waals surface area contributed by atoms with Crippen LogP contribution in [0, 0.1) is 20.2 Å². The molecule has 0 unspecified atom stereocenters. The zero-order valence-electron chi connectivity index (χ0n) is 11.9. The van der Waals surface area contributed by atoms with Crippen LogP contribution in [-0.4, -0.2) is 15.1 Å². The lowest BCUT2D eigenvalue weighted by Gasteiger charge is -2.13. The number of carbonyl (C=O) groups is 1. The molecule has 0 aromatic heterocycles. The van der Waals surface area contributed by atoms with Crippen LogP contribution in [-0.2, 0) is 6.18 Å². The zero-order valence-corrected chi connectivity index (χ0v) is 12.7. The highest BCUT2D eigenvalue weighted by molar-refractivity contribution is 6.67. The molecule has 11 heteroatoms. The average molecular weight is 375 g/mol. The molecule has 25 heavy (non-hydrogen) atoms. The standard InChI is InChI=1S/C14H6ClF3N2O5/c15-13(21)7-4-5-8(11(6-7)20(24)25)12-9(14(16,17)18)2-1-3-10(12)19(22)23/h1-6H. The summed E-state index contributed by atoms with van der Waals surface area (Å²) >= 11 is 5.21. The van der Waals surface area contributed by atoms with Crippen LogP contribution in [0.1, 0.15) is 15.9 Å². The number of hydrogen-bond acceptors (Lipinski definition) is 5. The second-order valence-electron chi connectivity index (χ2n) is 4.72. The van der Waals surface area contributed by atoms with E-state index in [0.29, 0.717) is 12.1 Å². The first kappa shape index (κ1) is 18.3. The van der Waals surface area contributed by atoms with Gasteiger partial charge in [0.15, 0.2) is 0 Å². The highest BCUT2D eigenvalue weighted by Crippen LogP contribution is 2.45. The van der Waals surface area contributed by atoms with Gasteiger partial charge in [0.25, 0.3) is 16.6 Å². The summed E-state index contributed by atoms with van der Waals surface area (Å²) in [6.45, 7) is 0. The summed E-state index contributed by atoms with van der Waals surface area (Å²) in [7, 11) is 0. The molecule has 2 aromatic carbocycles. The van der Waals surface area contributed by atoms with Crippen LogP contribution < -0.4 is 0 Å². The molecule has 0 aliphatic heterocycles. The third-order valence-corrected chi connectivity index (χ3v) is 3.45. The summed E-state index contributed by atoms with van der Waals surface area (Å²) in [5, 5.41) is 21.3. The Labute approximate surface area is 141 Å². The highest BCUT2D eigenvalue weighted by Gasteiger charge is 2.39. The maximum absolute atomic E-state index is 13.3. The number of halogens is 4. The van der Waals surface area contributed by atoms with Crippen LogP contribution >= 0.6 is 11.6 Å². The smallest absolute Gasteiger partial charge is 0.276 e. The number of alkyl halides is 3. The summed E-state index contributed by atoms with van der Waals surface area (Å²) in [4.78, 5) is 31.3. The van der Waals surface area contributed by atoms with E-state index in [1.54, 1.807) is 0 Å². The van der Waals surface area contributed by atoms with Crippen molar-refractivity contribution in [2.45, 2.75) is 6.18 Å². The Bertz CT molecular complexity index is 899. The lowest BCUT2D eigenvalue weighted by atomic mass is 9.95. The van der Waals surface area contributed by atoms with Gasteiger partial charge in [-0.05, 0) is 29.8 Å². The van der Waals surface area contributed by atoms with E-state index in [1.165, 1.54) is 0 Å². The normalized spacial score (nSPS) is 11.2. The van der Waals surface area contributed by atoms with Gasteiger partial charge >= 0.3 is 6.18 Å². The van der Waals surface area contributed by atoms with Crippen molar-refractivity contribution in [3.63, 3.8) is 0 Å². The fourth-order valence-corrected chi connectivity index (χ4v) is 2.35. The molecule has 2 rings (SSSR count). The number of nitro groups is 2. The van der Waals surface area contributed by atoms with Crippen molar-refractivity contribution in [2.24, 2.45) is 0 Å². The summed E-state index contributed by atoms with van der Waals surface area (Å²) < 4.78 is 39.8. The van der Waals surface area contributed by atoms with E-state index < -0.39 is 49.3 Å². The van der Waals surface area contributed by atoms with E-state index in [4.69, 9.17) is 11.6 Å². The van der Waals surface area contributed by atoms with Crippen LogP contribution in [0.15, 0.2) is 36.4 Å². The fourth-order valence-electron chi connectivity index (χ4n) is 2.23. The minimum Gasteiger partial charge on any atom is -0.276 e. The molecule has 0 heterocycles. The molecule has 2 aromatic rings. The van der Waals surface area contributed by atoms with Crippen LogP contribution in [0.5, 0.6) is 0 Å². The Hall–Kier alpha value is -3.01. The number of benzene rings is 2. The Morgan fingerprint density at radius 2 is 1.60 bits per heavy atom. The van der Waals surface area contributed by atoms with Crippen molar-refractivity contribution in [1.29, 1.82) is 0 Å². The van der Waals surface area contributed by atoms with E-state index in [9.17, 15) is 38.2 Å². The van der Waals surface area contributed by atoms with Gasteiger partial charge in [-0.1, -0.05) is 6.07 Å². The predicted molar refractivity (Wildman–Crippen MR) is 80.4 cm³/mol. The molecular formula is C14H6ClF3N2O5. The van der Waals surface area contributed by atoms with Gasteiger partial charge in [0, 0.05) is 17.7 Å². The predicted octanol–water partition coefficient (Wildman–Crippen LogP) is 4.57. The Balaban J connectivity index is 2.93. The summed E-state index contributed by atoms with van der Waals surface area (Å²) in [6, 6.07) is 4.65. The van der Waals surface area contributed by atoms with Crippen LogP contribution in [0.4, 0.5) is 24.5 Å². The largest absolute Gasteiger partial charge is 0.417 e. The van der Waals surface area contributed by atoms with Crippen LogP contribution in [0.25, 0.3) is 11.1 Å². The molecule has 0 bridgehead atoms. The molecule has 0 saturated carbocycles. The summed E-state index contributed by atoms with van der Waals surface area (Å²) in [5.41, 5.74) is -5.21. The van der Waals surface area contributed by atoms with Crippen molar-refractivity contribution in [1.82, 2.24) is 0 Å². The molecule has 0 saturated heterocycles. The zero-order chi connectivity index (χ0) is 18.9. The van der Waals surface area contributed by atoms with Gasteiger partial charge < -0.3 is 0 Å². The second-order valence-corrected chi connectivity index (χ2v) is 5.06. The molecule has 130 valence electrons. The van der Waals surface area contributed by atoms with Gasteiger partial charge in [0.2, 0.25) is 0 Å². The van der Waals surface area contributed by atoms with Crippen molar-refractivity contribution in [2.75, 3.05) is 0 Å². The molecule has 7 nitrogen and oxygen atoms in total. The lowest BCUT2D eigenvalue weighted by molar-refractivity contribution is -0.386. The Morgan fingerprint density at radius 3 is 2.08 bits per heavy atom. The van der Waals surface area contributed by atoms with Gasteiger partial charge in [-0.25, -0.2) is 0 Å². The van der Waals surface area contributed by atoms with E-state index in [1.807, 2.05) is 0 Å². The second kappa shape index (κ2) is 6.48. The van der Waals surface area contributed by atoms with Gasteiger partial charge in [0.05, 0.1) is 26.5 Å². The topological polar surface area (TPSA) is 103 Å². The number of carbonyl (C=O) groups excluding carboxylic acids is 1. The molecular weight excluding hydrogens is 369 g/mol. The Morgan fingerprint density at radius 1 is 1.00 bits per heavy atom. The van der Waals surface area contributed by atoms with Crippen LogP contribution in [0.3, 0.4) is 0 Å². The van der Waals surface area contributed by atoms with E-state index in [0.717, 1.165) is 24.3 Å². The first-order valence-electron chi connectivity index (χ1n) is 6.37. The molecule has 0 aliphatic rings. The number of rotatable bonds is 4. The first-order valence-corrected chi connectivity index (χ1v) is 6.75. The van der Waals surface area contributed by atoms with E-state index in [-0.39, 0.29) is 5.56 Å². The molecule has 0 radical (unpaired) electrons. The monoisotopic (exact) mass is 374 g/mol. The van der Waals surface area contributed by atoms with Gasteiger partial charge in [-0.3, -0.25) is 25.0 Å². The van der Waals surface area contributed by atoms with Gasteiger partial charge in [0.1, 0.15) is 0 Å². The lowest BCUT2D eigenvalue weighted by Crippen LogP contribution is -2.10. The third kappa shape index (κ3) is 3.58. The molecule has 0 atom stereocenters. The molecule has 0 aliphatic carbocycles. The minimum atomic E-state index is -4.99. The third-order valence-electron chi connectivity index (χ3n) is 3.24. The SMILES string of the molecule is O=C(Cl)c1ccc(-c2c([N+](=O)[O-])cccc2C(F)(F)F)c([N+](=O)[O-])c1. The summed E-state index contributed by atoms with van der Waals surface area (Å²) in [6.07, 6.45) is -4.99. The molecule has 0 fully saturated rings. The number of hydrogen-bond donors (Lipinski definition) is 0. The number of nitro benzene ring substituents is 2. The van der Waals surface area contributed by atoms with Crippen molar-refractivity contribution < 1.29 is 27.8 Å². The van der Waals surface area contributed by atoms with E-state index >= 15 is 0 Å². The maximum Gasteiger partial charge on any atom is 0.417 e. The van der Waals surface area contributed by atoms with Gasteiger partial charge in [-0.2, -0.15) is 13.2 Å². The van der Waals surface area contributed by atoms with Gasteiger partial charge in [-0.15, -0.1) is 0 Å². The average Bonchev–Trinajstić information content (AvgIpc) is 2.52. The quantitative estimate of drug-likeness (QED) is 0.443. The molecule has 0 spiro atoms. The van der Waals surface area contributed by atoms with Crippen LogP contribution in [0.2, 0.25) is 0 Å². The van der Waals surface area contributed by atoms with Crippen molar-refractivity contribution in [3.8, 4) is 11.1 Å². The maximum atomic E-state index is 13.3. The van der Waals surface area contributed by atoms with E-state index in [2.05, 4.69) is 0 Å². The Kier molecular flexibility index (Phi) is 4.75. The fraction of sp³-hybridized carbons (Fsp3) is 0.0714. The van der Waals surface area contributed by atoms with Crippen molar-refractivity contribution >= 4 is 28.2 Å². The molecule has 0 N–H and O–H groups in total.